The van der Waals surface area contributed by atoms with Crippen molar-refractivity contribution in [3.8, 4) is 0 Å². The average Bonchev–Trinajstić information content (AvgIpc) is 1.61. The van der Waals surface area contributed by atoms with Crippen LogP contribution in [0.4, 0.5) is 4.39 Å². The van der Waals surface area contributed by atoms with Crippen LogP contribution < -0.4 is 0 Å². The van der Waals surface area contributed by atoms with Gasteiger partial charge in [-0.1, -0.05) is 0 Å². The molecule has 0 atom stereocenters. The molecule has 0 unspecified atom stereocenters. The minimum atomic E-state index is 0.490. The third-order valence-corrected chi connectivity index (χ3v) is 0.714. The molecule has 2 heteroatoms. The van der Waals surface area contributed by atoms with E-state index in [1.807, 2.05) is 0 Å². The van der Waals surface area contributed by atoms with E-state index in [1.54, 1.807) is 0 Å². The zero-order valence-electron chi connectivity index (χ0n) is 3.45. The first-order chi connectivity index (χ1) is 2.91. The van der Waals surface area contributed by atoms with Gasteiger partial charge in [-0.3, -0.25) is 0 Å². The topological polar surface area (TPSA) is 0 Å². The number of alkyl halides is 1. The molecule has 1 radical (unpaired) electrons. The van der Waals surface area contributed by atoms with Crippen LogP contribution in [0.3, 0.4) is 0 Å². The maximum Gasteiger partial charge on any atom is 0.131 e. The quantitative estimate of drug-likeness (QED) is 0.385. The predicted molar refractivity (Wildman–Crippen MR) is 25.4 cm³/mol. The fraction of sp³-hybridized carbons (Fsp3) is 0.750. The van der Waals surface area contributed by atoms with Gasteiger partial charge >= 0.3 is 0 Å². The molecule has 0 aliphatic heterocycles. The summed E-state index contributed by atoms with van der Waals surface area (Å²) in [4.78, 5) is 0. The first-order valence-corrected chi connectivity index (χ1v) is 2.43. The minimum Gasteiger partial charge on any atom is -0.244 e. The number of rotatable bonds is 3. The number of hydrogen-bond donors (Lipinski definition) is 0. The van der Waals surface area contributed by atoms with E-state index in [4.69, 9.17) is 11.6 Å². The second kappa shape index (κ2) is 5.22. The first kappa shape index (κ1) is 6.22. The van der Waals surface area contributed by atoms with Crippen molar-refractivity contribution in [3.05, 3.63) is 6.67 Å². The second-order valence-electron chi connectivity index (χ2n) is 0.986. The fourth-order valence-electron chi connectivity index (χ4n) is 0.154. The van der Waals surface area contributed by atoms with Crippen molar-refractivity contribution < 1.29 is 4.39 Å². The van der Waals surface area contributed by atoms with Gasteiger partial charge in [0.15, 0.2) is 0 Å². The van der Waals surface area contributed by atoms with Gasteiger partial charge < -0.3 is 0 Å². The summed E-state index contributed by atoms with van der Waals surface area (Å²) in [5.41, 5.74) is 0. The third-order valence-electron chi connectivity index (χ3n) is 0.447. The Kier molecular flexibility index (Phi) is 5.41. The Morgan fingerprint density at radius 1 is 1.67 bits per heavy atom. The first-order valence-electron chi connectivity index (χ1n) is 1.89. The Morgan fingerprint density at radius 3 is 2.50 bits per heavy atom. The SMILES string of the molecule is F[CH]CCCCl. The maximum absolute atomic E-state index is 11.0. The monoisotopic (exact) mass is 109 g/mol. The Hall–Kier alpha value is 0.220. The van der Waals surface area contributed by atoms with E-state index in [0.29, 0.717) is 19.0 Å². The summed E-state index contributed by atoms with van der Waals surface area (Å²) in [6.07, 6.45) is 1.24. The largest absolute Gasteiger partial charge is 0.244 e. The molecule has 0 aliphatic rings. The van der Waals surface area contributed by atoms with Gasteiger partial charge in [-0.05, 0) is 12.8 Å². The summed E-state index contributed by atoms with van der Waals surface area (Å²) in [6.45, 7) is 0.627. The lowest BCUT2D eigenvalue weighted by molar-refractivity contribution is 0.571. The van der Waals surface area contributed by atoms with Crippen molar-refractivity contribution in [2.45, 2.75) is 12.8 Å². The van der Waals surface area contributed by atoms with Gasteiger partial charge in [0.05, 0.1) is 0 Å². The van der Waals surface area contributed by atoms with Crippen molar-refractivity contribution in [1.82, 2.24) is 0 Å². The smallest absolute Gasteiger partial charge is 0.131 e. The van der Waals surface area contributed by atoms with Gasteiger partial charge in [0, 0.05) is 5.88 Å². The molecule has 0 aromatic carbocycles. The normalized spacial score (nSPS) is 9.00. The van der Waals surface area contributed by atoms with Crippen molar-refractivity contribution in [3.63, 3.8) is 0 Å². The molecular formula is C4H7ClF. The fourth-order valence-corrected chi connectivity index (χ4v) is 0.309. The Balaban J connectivity index is 2.34. The molecule has 0 heterocycles. The maximum atomic E-state index is 11.0. The van der Waals surface area contributed by atoms with E-state index in [9.17, 15) is 4.39 Å². The molecule has 0 saturated heterocycles. The highest BCUT2D eigenvalue weighted by Crippen LogP contribution is 1.94. The van der Waals surface area contributed by atoms with Gasteiger partial charge in [-0.15, -0.1) is 11.6 Å². The molecule has 0 N–H and O–H groups in total. The average molecular weight is 110 g/mol. The molecule has 0 nitrogen and oxygen atoms in total. The molecule has 0 rings (SSSR count). The molecule has 0 fully saturated rings. The lowest BCUT2D eigenvalue weighted by atomic mass is 10.4. The number of halogens is 2. The van der Waals surface area contributed by atoms with Gasteiger partial charge in [0.2, 0.25) is 0 Å². The molecule has 0 aromatic rings. The van der Waals surface area contributed by atoms with Crippen molar-refractivity contribution in [2.24, 2.45) is 0 Å². The van der Waals surface area contributed by atoms with Gasteiger partial charge in [-0.2, -0.15) is 0 Å². The molecule has 0 amide bonds. The highest BCUT2D eigenvalue weighted by molar-refractivity contribution is 6.17. The van der Waals surface area contributed by atoms with Gasteiger partial charge in [0.1, 0.15) is 6.67 Å². The van der Waals surface area contributed by atoms with E-state index in [-0.39, 0.29) is 0 Å². The zero-order chi connectivity index (χ0) is 4.83. The summed E-state index contributed by atoms with van der Waals surface area (Å²) in [5.74, 6) is 0.556. The van der Waals surface area contributed by atoms with Crippen LogP contribution in [0.2, 0.25) is 0 Å². The van der Waals surface area contributed by atoms with E-state index in [0.717, 1.165) is 6.42 Å². The molecule has 0 spiro atoms. The van der Waals surface area contributed by atoms with Crippen molar-refractivity contribution in [2.75, 3.05) is 5.88 Å². The van der Waals surface area contributed by atoms with Crippen LogP contribution >= 0.6 is 11.6 Å². The molecule has 0 aliphatic carbocycles. The Morgan fingerprint density at radius 2 is 2.33 bits per heavy atom. The van der Waals surface area contributed by atoms with Gasteiger partial charge in [-0.25, -0.2) is 4.39 Å². The standard InChI is InChI=1S/C4H7ClF/c5-3-1-2-4-6/h4H,1-3H2. The lowest BCUT2D eigenvalue weighted by Gasteiger charge is -1.81. The summed E-state index contributed by atoms with van der Waals surface area (Å²) >= 11 is 5.19. The van der Waals surface area contributed by atoms with Crippen LogP contribution in [0.15, 0.2) is 0 Å². The van der Waals surface area contributed by atoms with Crippen molar-refractivity contribution >= 4 is 11.6 Å². The van der Waals surface area contributed by atoms with E-state index >= 15 is 0 Å². The zero-order valence-corrected chi connectivity index (χ0v) is 4.21. The summed E-state index contributed by atoms with van der Waals surface area (Å²) in [7, 11) is 0. The van der Waals surface area contributed by atoms with E-state index in [2.05, 4.69) is 0 Å². The van der Waals surface area contributed by atoms with Crippen LogP contribution in [0.1, 0.15) is 12.8 Å². The van der Waals surface area contributed by atoms with Crippen LogP contribution in [0.5, 0.6) is 0 Å². The summed E-state index contributed by atoms with van der Waals surface area (Å²) in [5, 5.41) is 0. The van der Waals surface area contributed by atoms with Crippen molar-refractivity contribution in [1.29, 1.82) is 0 Å². The predicted octanol–water partition coefficient (Wildman–Crippen LogP) is 2.14. The second-order valence-corrected chi connectivity index (χ2v) is 1.36. The van der Waals surface area contributed by atoms with E-state index < -0.39 is 0 Å². The lowest BCUT2D eigenvalue weighted by Crippen LogP contribution is -1.70. The number of hydrogen-bond acceptors (Lipinski definition) is 0. The third kappa shape index (κ3) is 4.22. The van der Waals surface area contributed by atoms with E-state index in [1.165, 1.54) is 0 Å². The van der Waals surface area contributed by atoms with Crippen LogP contribution in [-0.2, 0) is 0 Å². The molecule has 37 valence electrons. The summed E-state index contributed by atoms with van der Waals surface area (Å²) < 4.78 is 11.0. The minimum absolute atomic E-state index is 0.490. The molecular weight excluding hydrogens is 102 g/mol. The van der Waals surface area contributed by atoms with Gasteiger partial charge in [0.25, 0.3) is 0 Å². The van der Waals surface area contributed by atoms with Crippen LogP contribution in [-0.4, -0.2) is 5.88 Å². The Labute approximate surface area is 42.3 Å². The highest BCUT2D eigenvalue weighted by Gasteiger charge is 1.80. The molecule has 6 heavy (non-hydrogen) atoms. The van der Waals surface area contributed by atoms with Crippen LogP contribution in [0.25, 0.3) is 0 Å². The number of unbranched alkanes of at least 4 members (excludes halogenated alkanes) is 1. The molecule has 0 bridgehead atoms. The van der Waals surface area contributed by atoms with Crippen LogP contribution in [0, 0.1) is 6.67 Å². The molecule has 0 saturated carbocycles. The summed E-state index contributed by atoms with van der Waals surface area (Å²) in [6, 6.07) is 0. The highest BCUT2D eigenvalue weighted by atomic mass is 35.5. The Bertz CT molecular complexity index is 19.5. The molecule has 0 aromatic heterocycles.